The maximum absolute atomic E-state index is 12.3. The van der Waals surface area contributed by atoms with Crippen LogP contribution in [0.15, 0.2) is 48.5 Å². The molecule has 0 fully saturated rings. The first-order valence-electron chi connectivity index (χ1n) is 7.39. The Morgan fingerprint density at radius 3 is 1.54 bits per heavy atom. The summed E-state index contributed by atoms with van der Waals surface area (Å²) in [6, 6.07) is 13.6. The van der Waals surface area contributed by atoms with Gasteiger partial charge in [-0.05, 0) is 35.4 Å². The van der Waals surface area contributed by atoms with Gasteiger partial charge in [-0.3, -0.25) is 4.79 Å². The van der Waals surface area contributed by atoms with Gasteiger partial charge >= 0.3 is 11.9 Å². The highest BCUT2D eigenvalue weighted by atomic mass is 16.5. The summed E-state index contributed by atoms with van der Waals surface area (Å²) in [6.45, 7) is 0. The largest absolute Gasteiger partial charge is 0.465 e. The smallest absolute Gasteiger partial charge is 0.337 e. The summed E-state index contributed by atoms with van der Waals surface area (Å²) in [5.41, 5.74) is 2.31. The average Bonchev–Trinajstić information content (AvgIpc) is 2.60. The average molecular weight is 326 g/mol. The van der Waals surface area contributed by atoms with Gasteiger partial charge in [-0.2, -0.15) is 0 Å². The molecule has 0 amide bonds. The standard InChI is InChI=1S/C19H18O5/c1-23-18(21)15-7-3-5-13(9-15)11-17(20)12-14-6-4-8-16(10-14)19(22)24-2/h3-10H,11-12H2,1-2H3. The second-order valence-corrected chi connectivity index (χ2v) is 5.28. The van der Waals surface area contributed by atoms with Gasteiger partial charge < -0.3 is 9.47 Å². The Morgan fingerprint density at radius 1 is 0.750 bits per heavy atom. The molecule has 5 nitrogen and oxygen atoms in total. The lowest BCUT2D eigenvalue weighted by Crippen LogP contribution is -2.09. The van der Waals surface area contributed by atoms with E-state index in [1.807, 2.05) is 0 Å². The van der Waals surface area contributed by atoms with Crippen molar-refractivity contribution in [1.82, 2.24) is 0 Å². The molecular formula is C19H18O5. The monoisotopic (exact) mass is 326 g/mol. The zero-order valence-corrected chi connectivity index (χ0v) is 13.6. The van der Waals surface area contributed by atoms with Crippen molar-refractivity contribution in [1.29, 1.82) is 0 Å². The van der Waals surface area contributed by atoms with Gasteiger partial charge in [-0.15, -0.1) is 0 Å². The van der Waals surface area contributed by atoms with E-state index in [-0.39, 0.29) is 18.6 Å². The predicted molar refractivity (Wildman–Crippen MR) is 88.0 cm³/mol. The molecular weight excluding hydrogens is 308 g/mol. The van der Waals surface area contributed by atoms with Gasteiger partial charge in [0.1, 0.15) is 5.78 Å². The van der Waals surface area contributed by atoms with Crippen LogP contribution in [0, 0.1) is 0 Å². The predicted octanol–water partition coefficient (Wildman–Crippen LogP) is 2.61. The summed E-state index contributed by atoms with van der Waals surface area (Å²) in [6.07, 6.45) is 0.403. The third-order valence-electron chi connectivity index (χ3n) is 3.50. The number of rotatable bonds is 6. The Morgan fingerprint density at radius 2 is 1.17 bits per heavy atom. The lowest BCUT2D eigenvalue weighted by molar-refractivity contribution is -0.117. The Bertz CT molecular complexity index is 700. The molecule has 124 valence electrons. The van der Waals surface area contributed by atoms with Crippen LogP contribution in [-0.4, -0.2) is 31.9 Å². The molecule has 0 atom stereocenters. The van der Waals surface area contributed by atoms with Crippen LogP contribution < -0.4 is 0 Å². The van der Waals surface area contributed by atoms with Gasteiger partial charge in [-0.1, -0.05) is 24.3 Å². The van der Waals surface area contributed by atoms with Crippen molar-refractivity contribution in [2.75, 3.05) is 14.2 Å². The number of hydrogen-bond donors (Lipinski definition) is 0. The minimum Gasteiger partial charge on any atom is -0.465 e. The van der Waals surface area contributed by atoms with Crippen LogP contribution in [0.1, 0.15) is 31.8 Å². The van der Waals surface area contributed by atoms with Crippen LogP contribution >= 0.6 is 0 Å². The fourth-order valence-corrected chi connectivity index (χ4v) is 2.37. The highest BCUT2D eigenvalue weighted by Crippen LogP contribution is 2.11. The molecule has 0 N–H and O–H groups in total. The van der Waals surface area contributed by atoms with Gasteiger partial charge in [0.25, 0.3) is 0 Å². The van der Waals surface area contributed by atoms with E-state index in [2.05, 4.69) is 9.47 Å². The van der Waals surface area contributed by atoms with Crippen LogP contribution in [0.25, 0.3) is 0 Å². The second kappa shape index (κ2) is 8.06. The third kappa shape index (κ3) is 4.52. The first-order chi connectivity index (χ1) is 11.5. The number of ketones is 1. The van der Waals surface area contributed by atoms with Crippen LogP contribution in [-0.2, 0) is 27.1 Å². The van der Waals surface area contributed by atoms with E-state index in [0.717, 1.165) is 11.1 Å². The van der Waals surface area contributed by atoms with E-state index in [1.165, 1.54) is 14.2 Å². The zero-order valence-electron chi connectivity index (χ0n) is 13.6. The van der Waals surface area contributed by atoms with Gasteiger partial charge in [0, 0.05) is 12.8 Å². The molecule has 0 aromatic heterocycles. The molecule has 2 rings (SSSR count). The summed E-state index contributed by atoms with van der Waals surface area (Å²) in [5.74, 6) is -0.885. The molecule has 0 aliphatic carbocycles. The number of Topliss-reactive ketones (excluding diaryl/α,β-unsaturated/α-hetero) is 1. The Kier molecular flexibility index (Phi) is 5.84. The first-order valence-corrected chi connectivity index (χ1v) is 7.39. The highest BCUT2D eigenvalue weighted by molar-refractivity contribution is 5.91. The number of hydrogen-bond acceptors (Lipinski definition) is 5. The number of carbonyl (C=O) groups is 3. The molecule has 0 radical (unpaired) electrons. The van der Waals surface area contributed by atoms with E-state index in [4.69, 9.17) is 0 Å². The van der Waals surface area contributed by atoms with E-state index in [1.54, 1.807) is 48.5 Å². The molecule has 0 bridgehead atoms. The Hall–Kier alpha value is -2.95. The number of carbonyl (C=O) groups excluding carboxylic acids is 3. The maximum atomic E-state index is 12.3. The first kappa shape index (κ1) is 17.4. The summed E-state index contributed by atoms with van der Waals surface area (Å²) in [5, 5.41) is 0. The lowest BCUT2D eigenvalue weighted by Gasteiger charge is -2.06. The van der Waals surface area contributed by atoms with Crippen molar-refractivity contribution in [3.63, 3.8) is 0 Å². The fraction of sp³-hybridized carbons (Fsp3) is 0.211. The van der Waals surface area contributed by atoms with Crippen molar-refractivity contribution in [3.05, 3.63) is 70.8 Å². The van der Waals surface area contributed by atoms with Crippen molar-refractivity contribution in [2.24, 2.45) is 0 Å². The van der Waals surface area contributed by atoms with Crippen LogP contribution in [0.3, 0.4) is 0 Å². The normalized spacial score (nSPS) is 10.1. The molecule has 0 aliphatic heterocycles. The summed E-state index contributed by atoms with van der Waals surface area (Å²) in [4.78, 5) is 35.3. The third-order valence-corrected chi connectivity index (χ3v) is 3.50. The van der Waals surface area contributed by atoms with Gasteiger partial charge in [0.2, 0.25) is 0 Å². The van der Waals surface area contributed by atoms with Gasteiger partial charge in [-0.25, -0.2) is 9.59 Å². The molecule has 2 aromatic rings. The SMILES string of the molecule is COC(=O)c1cccc(CC(=O)Cc2cccc(C(=O)OC)c2)c1. The van der Waals surface area contributed by atoms with E-state index in [0.29, 0.717) is 11.1 Å². The molecule has 0 saturated carbocycles. The molecule has 0 aliphatic rings. The molecule has 2 aromatic carbocycles. The number of benzene rings is 2. The molecule has 0 unspecified atom stereocenters. The van der Waals surface area contributed by atoms with Crippen LogP contribution in [0.2, 0.25) is 0 Å². The second-order valence-electron chi connectivity index (χ2n) is 5.28. The number of esters is 2. The van der Waals surface area contributed by atoms with Crippen molar-refractivity contribution in [3.8, 4) is 0 Å². The van der Waals surface area contributed by atoms with Crippen LogP contribution in [0.5, 0.6) is 0 Å². The van der Waals surface area contributed by atoms with Gasteiger partial charge in [0.15, 0.2) is 0 Å². The topological polar surface area (TPSA) is 69.7 Å². The fourth-order valence-electron chi connectivity index (χ4n) is 2.37. The van der Waals surface area contributed by atoms with Crippen LogP contribution in [0.4, 0.5) is 0 Å². The maximum Gasteiger partial charge on any atom is 0.337 e. The number of ether oxygens (including phenoxy) is 2. The molecule has 5 heteroatoms. The minimum atomic E-state index is -0.435. The Balaban J connectivity index is 2.06. The highest BCUT2D eigenvalue weighted by Gasteiger charge is 2.11. The number of methoxy groups -OCH3 is 2. The molecule has 0 spiro atoms. The quantitative estimate of drug-likeness (QED) is 0.763. The zero-order chi connectivity index (χ0) is 17.5. The summed E-state index contributed by atoms with van der Waals surface area (Å²) >= 11 is 0. The van der Waals surface area contributed by atoms with Crippen molar-refractivity contribution >= 4 is 17.7 Å². The van der Waals surface area contributed by atoms with E-state index < -0.39 is 11.9 Å². The van der Waals surface area contributed by atoms with Crippen molar-refractivity contribution in [2.45, 2.75) is 12.8 Å². The minimum absolute atomic E-state index is 0.0148. The van der Waals surface area contributed by atoms with Crippen molar-refractivity contribution < 1.29 is 23.9 Å². The molecule has 0 saturated heterocycles. The molecule has 0 heterocycles. The van der Waals surface area contributed by atoms with E-state index in [9.17, 15) is 14.4 Å². The van der Waals surface area contributed by atoms with Gasteiger partial charge in [0.05, 0.1) is 25.3 Å². The molecule has 24 heavy (non-hydrogen) atoms. The lowest BCUT2D eigenvalue weighted by atomic mass is 10.00. The summed E-state index contributed by atoms with van der Waals surface area (Å²) < 4.78 is 9.34. The van der Waals surface area contributed by atoms with E-state index >= 15 is 0 Å². The Labute approximate surface area is 140 Å². The summed E-state index contributed by atoms with van der Waals surface area (Å²) in [7, 11) is 2.63.